The molecule has 0 spiro atoms. The molecule has 2 aliphatic rings. The Morgan fingerprint density at radius 2 is 2.40 bits per heavy atom. The Morgan fingerprint density at radius 3 is 3.10 bits per heavy atom. The molecule has 0 radical (unpaired) electrons. The van der Waals surface area contributed by atoms with E-state index in [9.17, 15) is 8.42 Å². The molecule has 1 aromatic heterocycles. The number of nitrogens with one attached hydrogen (secondary N) is 1. The quantitative estimate of drug-likeness (QED) is 0.845. The Kier molecular flexibility index (Phi) is 3.62. The number of rotatable bonds is 5. The van der Waals surface area contributed by atoms with Crippen molar-refractivity contribution in [3.8, 4) is 0 Å². The first-order valence-corrected chi connectivity index (χ1v) is 8.62. The molecular formula is C13H20N2O4S. The minimum Gasteiger partial charge on any atom is -0.472 e. The molecule has 0 aromatic carbocycles. The number of ether oxygens (including phenoxy) is 1. The lowest BCUT2D eigenvalue weighted by Crippen LogP contribution is -2.42. The maximum Gasteiger partial charge on any atom is 0.208 e. The Hall–Kier alpha value is -0.890. The summed E-state index contributed by atoms with van der Waals surface area (Å²) in [5, 5.41) is 0. The fourth-order valence-electron chi connectivity index (χ4n) is 3.23. The average molecular weight is 300 g/mol. The van der Waals surface area contributed by atoms with E-state index in [1.54, 1.807) is 12.5 Å². The summed E-state index contributed by atoms with van der Waals surface area (Å²) in [6.45, 7) is 4.43. The smallest absolute Gasteiger partial charge is 0.208 e. The van der Waals surface area contributed by atoms with Crippen LogP contribution in [-0.4, -0.2) is 52.4 Å². The van der Waals surface area contributed by atoms with Gasteiger partial charge in [0, 0.05) is 43.1 Å². The molecule has 2 saturated heterocycles. The second-order valence-electron chi connectivity index (χ2n) is 5.97. The van der Waals surface area contributed by atoms with Gasteiger partial charge < -0.3 is 9.15 Å². The molecule has 0 unspecified atom stereocenters. The van der Waals surface area contributed by atoms with Crippen LogP contribution in [0, 0.1) is 11.3 Å². The highest BCUT2D eigenvalue weighted by atomic mass is 32.2. The summed E-state index contributed by atoms with van der Waals surface area (Å²) < 4.78 is 36.0. The number of fused-ring (bicyclic) bond motifs is 1. The van der Waals surface area contributed by atoms with Crippen molar-refractivity contribution >= 4 is 10.0 Å². The molecule has 1 aromatic rings. The van der Waals surface area contributed by atoms with Gasteiger partial charge >= 0.3 is 0 Å². The molecule has 2 aliphatic heterocycles. The van der Waals surface area contributed by atoms with E-state index in [-0.39, 0.29) is 5.41 Å². The van der Waals surface area contributed by atoms with E-state index in [0.717, 1.165) is 25.2 Å². The van der Waals surface area contributed by atoms with Crippen LogP contribution in [0.5, 0.6) is 0 Å². The van der Waals surface area contributed by atoms with Crippen molar-refractivity contribution in [1.29, 1.82) is 0 Å². The highest BCUT2D eigenvalue weighted by Crippen LogP contribution is 2.41. The zero-order valence-electron chi connectivity index (χ0n) is 11.5. The van der Waals surface area contributed by atoms with Gasteiger partial charge in [-0.25, -0.2) is 13.1 Å². The number of likely N-dealkylation sites (tertiary alicyclic amines) is 1. The predicted octanol–water partition coefficient (Wildman–Crippen LogP) is 0.277. The number of sulfonamides is 1. The summed E-state index contributed by atoms with van der Waals surface area (Å²) in [6.07, 6.45) is 4.63. The van der Waals surface area contributed by atoms with Gasteiger partial charge in [-0.15, -0.1) is 0 Å². The highest BCUT2D eigenvalue weighted by molar-refractivity contribution is 7.88. The maximum absolute atomic E-state index is 11.3. The highest BCUT2D eigenvalue weighted by Gasteiger charge is 2.50. The van der Waals surface area contributed by atoms with Crippen LogP contribution in [0.3, 0.4) is 0 Å². The van der Waals surface area contributed by atoms with Crippen LogP contribution < -0.4 is 4.72 Å². The van der Waals surface area contributed by atoms with Crippen LogP contribution in [0.4, 0.5) is 0 Å². The Bertz CT molecular complexity index is 557. The van der Waals surface area contributed by atoms with Gasteiger partial charge in [0.1, 0.15) is 0 Å². The fourth-order valence-corrected chi connectivity index (χ4v) is 3.78. The molecule has 3 rings (SSSR count). The molecule has 1 N–H and O–H groups in total. The lowest BCUT2D eigenvalue weighted by molar-refractivity contribution is 0.128. The van der Waals surface area contributed by atoms with Gasteiger partial charge in [-0.2, -0.15) is 0 Å². The van der Waals surface area contributed by atoms with Gasteiger partial charge in [0.05, 0.1) is 32.0 Å². The fraction of sp³-hybridized carbons (Fsp3) is 0.692. The molecule has 0 amide bonds. The van der Waals surface area contributed by atoms with Crippen LogP contribution in [0.1, 0.15) is 5.56 Å². The first-order valence-electron chi connectivity index (χ1n) is 6.73. The summed E-state index contributed by atoms with van der Waals surface area (Å²) in [4.78, 5) is 2.35. The first kappa shape index (κ1) is 14.1. The molecule has 6 nitrogen and oxygen atoms in total. The van der Waals surface area contributed by atoms with E-state index >= 15 is 0 Å². The van der Waals surface area contributed by atoms with Crippen LogP contribution in [0.15, 0.2) is 23.0 Å². The topological polar surface area (TPSA) is 71.8 Å². The summed E-state index contributed by atoms with van der Waals surface area (Å²) >= 11 is 0. The molecule has 2 fully saturated rings. The minimum absolute atomic E-state index is 0.0905. The Labute approximate surface area is 119 Å². The molecule has 2 atom stereocenters. The standard InChI is InChI=1S/C13H20N2O4S/c1-20(16,17)14-8-13-9-15(4-11-2-3-18-6-11)5-12(13)7-19-10-13/h2-3,6,12,14H,4-5,7-10H2,1H3/t12-,13+/m0/s1. The van der Waals surface area contributed by atoms with Crippen molar-refractivity contribution in [3.05, 3.63) is 24.2 Å². The van der Waals surface area contributed by atoms with Gasteiger partial charge in [-0.1, -0.05) is 0 Å². The van der Waals surface area contributed by atoms with Crippen molar-refractivity contribution in [3.63, 3.8) is 0 Å². The lowest BCUT2D eigenvalue weighted by Gasteiger charge is -2.27. The van der Waals surface area contributed by atoms with Crippen molar-refractivity contribution < 1.29 is 17.6 Å². The van der Waals surface area contributed by atoms with Crippen LogP contribution in [0.25, 0.3) is 0 Å². The third kappa shape index (κ3) is 2.90. The number of hydrogen-bond acceptors (Lipinski definition) is 5. The molecule has 20 heavy (non-hydrogen) atoms. The summed E-state index contributed by atoms with van der Waals surface area (Å²) in [6, 6.07) is 1.96. The van der Waals surface area contributed by atoms with Gasteiger partial charge in [0.25, 0.3) is 0 Å². The van der Waals surface area contributed by atoms with E-state index in [0.29, 0.717) is 25.7 Å². The number of furan rings is 1. The number of hydrogen-bond donors (Lipinski definition) is 1. The first-order chi connectivity index (χ1) is 9.47. The third-order valence-electron chi connectivity index (χ3n) is 4.26. The SMILES string of the molecule is CS(=O)(=O)NC[C@@]12COC[C@@H]1CN(Cc1ccoc1)C2. The van der Waals surface area contributed by atoms with Gasteiger partial charge in [-0.05, 0) is 6.07 Å². The van der Waals surface area contributed by atoms with Crippen LogP contribution in [-0.2, 0) is 21.3 Å². The van der Waals surface area contributed by atoms with Crippen LogP contribution in [0.2, 0.25) is 0 Å². The predicted molar refractivity (Wildman–Crippen MR) is 73.6 cm³/mol. The number of nitrogens with zero attached hydrogens (tertiary/aromatic N) is 1. The average Bonchev–Trinajstić information content (AvgIpc) is 3.01. The van der Waals surface area contributed by atoms with Crippen LogP contribution >= 0.6 is 0 Å². The third-order valence-corrected chi connectivity index (χ3v) is 4.93. The van der Waals surface area contributed by atoms with E-state index in [1.165, 1.54) is 6.26 Å². The summed E-state index contributed by atoms with van der Waals surface area (Å²) in [5.41, 5.74) is 1.06. The molecular weight excluding hydrogens is 280 g/mol. The molecule has 3 heterocycles. The molecule has 7 heteroatoms. The van der Waals surface area contributed by atoms with E-state index in [4.69, 9.17) is 9.15 Å². The van der Waals surface area contributed by atoms with E-state index < -0.39 is 10.0 Å². The second kappa shape index (κ2) is 5.14. The van der Waals surface area contributed by atoms with Crippen molar-refractivity contribution in [2.45, 2.75) is 6.54 Å². The Balaban J connectivity index is 1.67. The van der Waals surface area contributed by atoms with Gasteiger partial charge in [0.2, 0.25) is 10.0 Å². The monoisotopic (exact) mass is 300 g/mol. The summed E-state index contributed by atoms with van der Waals surface area (Å²) in [7, 11) is -3.16. The molecule has 0 bridgehead atoms. The zero-order valence-corrected chi connectivity index (χ0v) is 12.4. The van der Waals surface area contributed by atoms with Crippen molar-refractivity contribution in [2.75, 3.05) is 39.1 Å². The molecule has 0 saturated carbocycles. The van der Waals surface area contributed by atoms with E-state index in [2.05, 4.69) is 9.62 Å². The van der Waals surface area contributed by atoms with Crippen molar-refractivity contribution in [2.24, 2.45) is 11.3 Å². The van der Waals surface area contributed by atoms with Crippen molar-refractivity contribution in [1.82, 2.24) is 9.62 Å². The largest absolute Gasteiger partial charge is 0.472 e. The lowest BCUT2D eigenvalue weighted by atomic mass is 9.81. The molecule has 112 valence electrons. The van der Waals surface area contributed by atoms with E-state index in [1.807, 2.05) is 6.07 Å². The molecule has 0 aliphatic carbocycles. The maximum atomic E-state index is 11.3. The Morgan fingerprint density at radius 1 is 1.55 bits per heavy atom. The van der Waals surface area contributed by atoms with Gasteiger partial charge in [0.15, 0.2) is 0 Å². The summed E-state index contributed by atoms with van der Waals surface area (Å²) in [5.74, 6) is 0.392. The minimum atomic E-state index is -3.16. The van der Waals surface area contributed by atoms with Gasteiger partial charge in [-0.3, -0.25) is 4.90 Å². The second-order valence-corrected chi connectivity index (χ2v) is 7.80. The normalized spacial score (nSPS) is 30.8. The zero-order chi connectivity index (χ0) is 14.2.